The van der Waals surface area contributed by atoms with Crippen molar-refractivity contribution in [2.75, 3.05) is 0 Å². The smallest absolute Gasteiger partial charge is 0.251 e. The number of rotatable bonds is 6. The van der Waals surface area contributed by atoms with E-state index in [1.807, 2.05) is 0 Å². The topological polar surface area (TPSA) is 58.2 Å². The summed E-state index contributed by atoms with van der Waals surface area (Å²) in [6.07, 6.45) is 0. The number of halogens is 4. The van der Waals surface area contributed by atoms with Crippen LogP contribution in [0.4, 0.5) is 0 Å². The first-order valence-corrected chi connectivity index (χ1v) is 10.4. The minimum atomic E-state index is -0.260. The second-order valence-corrected chi connectivity index (χ2v) is 8.07. The van der Waals surface area contributed by atoms with Crippen LogP contribution in [0.15, 0.2) is 60.7 Å². The number of benzene rings is 3. The van der Waals surface area contributed by atoms with Crippen LogP contribution in [-0.2, 0) is 13.1 Å². The molecule has 0 aliphatic carbocycles. The molecular formula is C22H16Cl4N2O2. The quantitative estimate of drug-likeness (QED) is 0.442. The molecule has 0 bridgehead atoms. The number of carbonyl (C=O) groups excluding carboxylic acids is 2. The van der Waals surface area contributed by atoms with Crippen LogP contribution in [0.25, 0.3) is 0 Å². The molecule has 3 rings (SSSR count). The normalized spacial score (nSPS) is 10.5. The highest BCUT2D eigenvalue weighted by Gasteiger charge is 2.10. The van der Waals surface area contributed by atoms with E-state index < -0.39 is 0 Å². The third-order valence-corrected chi connectivity index (χ3v) is 5.76. The molecule has 0 saturated carbocycles. The maximum absolute atomic E-state index is 12.3. The SMILES string of the molecule is O=C(NCc1ccc(Cl)c(Cl)c1)c1ccc(C(=O)NCc2ccc(Cl)c(Cl)c2)cc1. The van der Waals surface area contributed by atoms with Crippen LogP contribution in [-0.4, -0.2) is 11.8 Å². The summed E-state index contributed by atoms with van der Waals surface area (Å²) in [7, 11) is 0. The fraction of sp³-hybridized carbons (Fsp3) is 0.0909. The van der Waals surface area contributed by atoms with Gasteiger partial charge in [-0.15, -0.1) is 0 Å². The second-order valence-electron chi connectivity index (χ2n) is 6.44. The second kappa shape index (κ2) is 10.2. The highest BCUT2D eigenvalue weighted by Crippen LogP contribution is 2.23. The molecule has 154 valence electrons. The van der Waals surface area contributed by atoms with Crippen LogP contribution >= 0.6 is 46.4 Å². The monoisotopic (exact) mass is 480 g/mol. The van der Waals surface area contributed by atoms with Crippen molar-refractivity contribution in [1.29, 1.82) is 0 Å². The Labute approximate surface area is 194 Å². The number of amides is 2. The average molecular weight is 482 g/mol. The van der Waals surface area contributed by atoms with E-state index in [1.54, 1.807) is 60.7 Å². The Morgan fingerprint density at radius 1 is 0.567 bits per heavy atom. The minimum absolute atomic E-state index is 0.260. The number of hydrogen-bond acceptors (Lipinski definition) is 2. The van der Waals surface area contributed by atoms with Gasteiger partial charge in [-0.1, -0.05) is 58.5 Å². The van der Waals surface area contributed by atoms with Gasteiger partial charge in [0.1, 0.15) is 0 Å². The molecule has 0 spiro atoms. The summed E-state index contributed by atoms with van der Waals surface area (Å²) in [6.45, 7) is 0.614. The maximum atomic E-state index is 12.3. The van der Waals surface area contributed by atoms with Crippen molar-refractivity contribution >= 4 is 58.2 Å². The van der Waals surface area contributed by atoms with Crippen molar-refractivity contribution in [1.82, 2.24) is 10.6 Å². The van der Waals surface area contributed by atoms with Gasteiger partial charge in [-0.3, -0.25) is 9.59 Å². The predicted molar refractivity (Wildman–Crippen MR) is 122 cm³/mol. The molecular weight excluding hydrogens is 466 g/mol. The molecule has 2 N–H and O–H groups in total. The van der Waals surface area contributed by atoms with Gasteiger partial charge in [0.2, 0.25) is 0 Å². The van der Waals surface area contributed by atoms with E-state index in [0.29, 0.717) is 44.3 Å². The fourth-order valence-electron chi connectivity index (χ4n) is 2.64. The molecule has 2 amide bonds. The van der Waals surface area contributed by atoms with Gasteiger partial charge in [0.25, 0.3) is 11.8 Å². The van der Waals surface area contributed by atoms with Crippen molar-refractivity contribution in [2.24, 2.45) is 0 Å². The maximum Gasteiger partial charge on any atom is 0.251 e. The van der Waals surface area contributed by atoms with Crippen LogP contribution in [0.3, 0.4) is 0 Å². The first kappa shape index (κ1) is 22.4. The van der Waals surface area contributed by atoms with Crippen LogP contribution < -0.4 is 10.6 Å². The first-order chi connectivity index (χ1) is 14.3. The first-order valence-electron chi connectivity index (χ1n) is 8.88. The van der Waals surface area contributed by atoms with Crippen molar-refractivity contribution in [3.05, 3.63) is 103 Å². The predicted octanol–water partition coefficient (Wildman–Crippen LogP) is 6.16. The van der Waals surface area contributed by atoms with Gasteiger partial charge >= 0.3 is 0 Å². The molecule has 0 atom stereocenters. The molecule has 0 fully saturated rings. The summed E-state index contributed by atoms with van der Waals surface area (Å²) in [5, 5.41) is 7.38. The van der Waals surface area contributed by atoms with E-state index >= 15 is 0 Å². The Hall–Kier alpha value is -2.24. The number of hydrogen-bond donors (Lipinski definition) is 2. The van der Waals surface area contributed by atoms with Crippen LogP contribution in [0.1, 0.15) is 31.8 Å². The van der Waals surface area contributed by atoms with E-state index in [-0.39, 0.29) is 11.8 Å². The lowest BCUT2D eigenvalue weighted by Gasteiger charge is -2.08. The summed E-state index contributed by atoms with van der Waals surface area (Å²) in [5.74, 6) is -0.521. The van der Waals surface area contributed by atoms with Gasteiger partial charge in [0, 0.05) is 24.2 Å². The molecule has 0 aromatic heterocycles. The Morgan fingerprint density at radius 3 is 1.27 bits per heavy atom. The summed E-state index contributed by atoms with van der Waals surface area (Å²) in [4.78, 5) is 24.7. The van der Waals surface area contributed by atoms with E-state index in [9.17, 15) is 9.59 Å². The molecule has 3 aromatic carbocycles. The van der Waals surface area contributed by atoms with E-state index in [4.69, 9.17) is 46.4 Å². The summed E-state index contributed by atoms with van der Waals surface area (Å²) < 4.78 is 0. The number of nitrogens with one attached hydrogen (secondary N) is 2. The minimum Gasteiger partial charge on any atom is -0.348 e. The lowest BCUT2D eigenvalue weighted by Crippen LogP contribution is -2.24. The molecule has 3 aromatic rings. The van der Waals surface area contributed by atoms with Gasteiger partial charge in [-0.2, -0.15) is 0 Å². The van der Waals surface area contributed by atoms with Crippen molar-refractivity contribution in [3.63, 3.8) is 0 Å². The standard InChI is InChI=1S/C22H16Cl4N2O2/c23-17-7-1-13(9-19(17)25)11-27-21(29)15-3-5-16(6-4-15)22(30)28-12-14-2-8-18(24)20(26)10-14/h1-10H,11-12H2,(H,27,29)(H,28,30). The summed E-state index contributed by atoms with van der Waals surface area (Å²) >= 11 is 23.7. The van der Waals surface area contributed by atoms with Gasteiger partial charge in [0.05, 0.1) is 20.1 Å². The van der Waals surface area contributed by atoms with E-state index in [2.05, 4.69) is 10.6 Å². The molecule has 8 heteroatoms. The average Bonchev–Trinajstić information content (AvgIpc) is 2.75. The third-order valence-electron chi connectivity index (χ3n) is 4.28. The number of carbonyl (C=O) groups is 2. The Morgan fingerprint density at radius 2 is 0.933 bits per heavy atom. The van der Waals surface area contributed by atoms with E-state index in [0.717, 1.165) is 11.1 Å². The zero-order valence-corrected chi connectivity index (χ0v) is 18.5. The molecule has 0 aliphatic rings. The Balaban J connectivity index is 1.55. The Kier molecular flexibility index (Phi) is 7.62. The van der Waals surface area contributed by atoms with Gasteiger partial charge in [0.15, 0.2) is 0 Å². The van der Waals surface area contributed by atoms with E-state index in [1.165, 1.54) is 0 Å². The molecule has 0 saturated heterocycles. The molecule has 0 unspecified atom stereocenters. The molecule has 30 heavy (non-hydrogen) atoms. The van der Waals surface area contributed by atoms with Crippen LogP contribution in [0.5, 0.6) is 0 Å². The highest BCUT2D eigenvalue weighted by atomic mass is 35.5. The lowest BCUT2D eigenvalue weighted by molar-refractivity contribution is 0.0939. The summed E-state index contributed by atoms with van der Waals surface area (Å²) in [5.41, 5.74) is 2.54. The third kappa shape index (κ3) is 5.89. The zero-order chi connectivity index (χ0) is 21.7. The van der Waals surface area contributed by atoms with Crippen LogP contribution in [0, 0.1) is 0 Å². The molecule has 0 aliphatic heterocycles. The Bertz CT molecular complexity index is 998. The molecule has 4 nitrogen and oxygen atoms in total. The van der Waals surface area contributed by atoms with Gasteiger partial charge < -0.3 is 10.6 Å². The zero-order valence-electron chi connectivity index (χ0n) is 15.5. The van der Waals surface area contributed by atoms with Crippen molar-refractivity contribution in [3.8, 4) is 0 Å². The fourth-order valence-corrected chi connectivity index (χ4v) is 3.28. The lowest BCUT2D eigenvalue weighted by atomic mass is 10.1. The van der Waals surface area contributed by atoms with Crippen LogP contribution in [0.2, 0.25) is 20.1 Å². The summed E-state index contributed by atoms with van der Waals surface area (Å²) in [6, 6.07) is 16.7. The van der Waals surface area contributed by atoms with Gasteiger partial charge in [-0.05, 0) is 59.7 Å². The molecule has 0 radical (unpaired) electrons. The van der Waals surface area contributed by atoms with Crippen molar-refractivity contribution in [2.45, 2.75) is 13.1 Å². The highest BCUT2D eigenvalue weighted by molar-refractivity contribution is 6.42. The molecule has 0 heterocycles. The van der Waals surface area contributed by atoms with Crippen molar-refractivity contribution < 1.29 is 9.59 Å². The van der Waals surface area contributed by atoms with Gasteiger partial charge in [-0.25, -0.2) is 0 Å². The largest absolute Gasteiger partial charge is 0.348 e.